The molecule has 0 aromatic heterocycles. The van der Waals surface area contributed by atoms with Crippen LogP contribution in [0.2, 0.25) is 0 Å². The van der Waals surface area contributed by atoms with Gasteiger partial charge >= 0.3 is 5.97 Å². The third kappa shape index (κ3) is 2.98. The number of methoxy groups -OCH3 is 1. The normalized spacial score (nSPS) is 9.62. The largest absolute Gasteiger partial charge is 0.468 e. The highest BCUT2D eigenvalue weighted by Gasteiger charge is 2.06. The number of Topliss-reactive ketones (excluding diaryl/α,β-unsaturated/α-hetero) is 1. The number of hydrogen-bond donors (Lipinski definition) is 2. The molecule has 0 fully saturated rings. The lowest BCUT2D eigenvalue weighted by atomic mass is 10.1. The van der Waals surface area contributed by atoms with E-state index in [9.17, 15) is 9.59 Å². The van der Waals surface area contributed by atoms with Gasteiger partial charge in [0.25, 0.3) is 0 Å². The highest BCUT2D eigenvalue weighted by atomic mass is 16.5. The van der Waals surface area contributed by atoms with Gasteiger partial charge in [-0.25, -0.2) is 0 Å². The van der Waals surface area contributed by atoms with E-state index in [4.69, 9.17) is 5.73 Å². The molecule has 86 valence electrons. The van der Waals surface area contributed by atoms with Crippen LogP contribution in [0.25, 0.3) is 0 Å². The highest BCUT2D eigenvalue weighted by Crippen LogP contribution is 2.18. The number of hydrogen-bond acceptors (Lipinski definition) is 5. The molecule has 5 nitrogen and oxygen atoms in total. The molecular weight excluding hydrogens is 208 g/mol. The third-order valence-electron chi connectivity index (χ3n) is 2.10. The summed E-state index contributed by atoms with van der Waals surface area (Å²) < 4.78 is 4.48. The number of benzene rings is 1. The molecule has 1 aromatic rings. The van der Waals surface area contributed by atoms with Gasteiger partial charge in [-0.05, 0) is 25.1 Å². The summed E-state index contributed by atoms with van der Waals surface area (Å²) in [6, 6.07) is 4.93. The molecule has 0 amide bonds. The second-order valence-corrected chi connectivity index (χ2v) is 3.29. The van der Waals surface area contributed by atoms with E-state index in [-0.39, 0.29) is 18.3 Å². The van der Waals surface area contributed by atoms with Crippen LogP contribution in [-0.4, -0.2) is 25.4 Å². The van der Waals surface area contributed by atoms with Gasteiger partial charge in [0.15, 0.2) is 5.78 Å². The van der Waals surface area contributed by atoms with Crippen molar-refractivity contribution in [2.75, 3.05) is 24.7 Å². The number of ether oxygens (including phenoxy) is 1. The molecule has 0 spiro atoms. The van der Waals surface area contributed by atoms with Crippen molar-refractivity contribution in [1.82, 2.24) is 0 Å². The molecule has 0 bridgehead atoms. The molecule has 1 aromatic carbocycles. The molecule has 0 aliphatic rings. The van der Waals surface area contributed by atoms with Gasteiger partial charge in [-0.3, -0.25) is 9.59 Å². The Labute approximate surface area is 93.6 Å². The van der Waals surface area contributed by atoms with Gasteiger partial charge in [0.05, 0.1) is 7.11 Å². The summed E-state index contributed by atoms with van der Waals surface area (Å²) in [6.07, 6.45) is 0. The zero-order chi connectivity index (χ0) is 12.1. The molecule has 0 aliphatic heterocycles. The van der Waals surface area contributed by atoms with Crippen molar-refractivity contribution >= 4 is 23.1 Å². The van der Waals surface area contributed by atoms with Crippen LogP contribution in [0.5, 0.6) is 0 Å². The number of nitrogens with two attached hydrogens (primary N) is 1. The van der Waals surface area contributed by atoms with Crippen LogP contribution in [0.3, 0.4) is 0 Å². The zero-order valence-corrected chi connectivity index (χ0v) is 9.24. The Bertz CT molecular complexity index is 416. The molecule has 0 aliphatic carbocycles. The van der Waals surface area contributed by atoms with Crippen LogP contribution in [0.4, 0.5) is 11.4 Å². The summed E-state index contributed by atoms with van der Waals surface area (Å²) in [5, 5.41) is 2.84. The minimum Gasteiger partial charge on any atom is -0.468 e. The summed E-state index contributed by atoms with van der Waals surface area (Å²) in [7, 11) is 1.31. The topological polar surface area (TPSA) is 81.4 Å². The lowest BCUT2D eigenvalue weighted by Gasteiger charge is -2.08. The predicted octanol–water partition coefficient (Wildman–Crippen LogP) is 1.06. The highest BCUT2D eigenvalue weighted by molar-refractivity contribution is 6.00. The van der Waals surface area contributed by atoms with Gasteiger partial charge < -0.3 is 15.8 Å². The Hall–Kier alpha value is -2.04. The fraction of sp³-hybridized carbons (Fsp3) is 0.273. The zero-order valence-electron chi connectivity index (χ0n) is 9.24. The van der Waals surface area contributed by atoms with Crippen LogP contribution in [0, 0.1) is 0 Å². The lowest BCUT2D eigenvalue weighted by Crippen LogP contribution is -2.15. The van der Waals surface area contributed by atoms with E-state index in [1.54, 1.807) is 18.2 Å². The standard InChI is InChI=1S/C11H14N2O3/c1-7(14)9-5-8(3-4-10(9)12)13-6-11(15)16-2/h3-5,13H,6,12H2,1-2H3. The Morgan fingerprint density at radius 2 is 2.12 bits per heavy atom. The molecule has 3 N–H and O–H groups in total. The quantitative estimate of drug-likeness (QED) is 0.452. The van der Waals surface area contributed by atoms with E-state index >= 15 is 0 Å². The van der Waals surface area contributed by atoms with Crippen molar-refractivity contribution in [3.05, 3.63) is 23.8 Å². The number of esters is 1. The molecule has 16 heavy (non-hydrogen) atoms. The van der Waals surface area contributed by atoms with E-state index in [0.717, 1.165) is 0 Å². The molecule has 0 heterocycles. The van der Waals surface area contributed by atoms with Gasteiger partial charge in [-0.1, -0.05) is 0 Å². The fourth-order valence-electron chi connectivity index (χ4n) is 1.22. The summed E-state index contributed by atoms with van der Waals surface area (Å²) in [5.41, 5.74) is 7.16. The van der Waals surface area contributed by atoms with Crippen LogP contribution in [0.15, 0.2) is 18.2 Å². The molecule has 0 unspecified atom stereocenters. The number of carbonyl (C=O) groups is 2. The van der Waals surface area contributed by atoms with E-state index in [2.05, 4.69) is 10.1 Å². The van der Waals surface area contributed by atoms with Crippen molar-refractivity contribution in [3.63, 3.8) is 0 Å². The first-order valence-corrected chi connectivity index (χ1v) is 4.75. The molecule has 0 atom stereocenters. The monoisotopic (exact) mass is 222 g/mol. The van der Waals surface area contributed by atoms with E-state index in [0.29, 0.717) is 16.9 Å². The molecule has 5 heteroatoms. The van der Waals surface area contributed by atoms with Crippen molar-refractivity contribution in [3.8, 4) is 0 Å². The molecule has 0 radical (unpaired) electrons. The van der Waals surface area contributed by atoms with E-state index in [1.165, 1.54) is 14.0 Å². The first kappa shape index (κ1) is 12.0. The van der Waals surface area contributed by atoms with E-state index < -0.39 is 0 Å². The van der Waals surface area contributed by atoms with Gasteiger partial charge in [0.2, 0.25) is 0 Å². The van der Waals surface area contributed by atoms with Crippen molar-refractivity contribution < 1.29 is 14.3 Å². The Kier molecular flexibility index (Phi) is 3.88. The molecule has 0 saturated carbocycles. The number of anilines is 2. The van der Waals surface area contributed by atoms with Gasteiger partial charge in [-0.15, -0.1) is 0 Å². The number of carbonyl (C=O) groups excluding carboxylic acids is 2. The SMILES string of the molecule is COC(=O)CNc1ccc(N)c(C(C)=O)c1. The second kappa shape index (κ2) is 5.16. The van der Waals surface area contributed by atoms with Crippen LogP contribution in [0.1, 0.15) is 17.3 Å². The Morgan fingerprint density at radius 1 is 1.44 bits per heavy atom. The summed E-state index contributed by atoms with van der Waals surface area (Å²) >= 11 is 0. The Balaban J connectivity index is 2.79. The predicted molar refractivity (Wildman–Crippen MR) is 61.4 cm³/mol. The lowest BCUT2D eigenvalue weighted by molar-refractivity contribution is -0.138. The maximum Gasteiger partial charge on any atom is 0.325 e. The van der Waals surface area contributed by atoms with Crippen molar-refractivity contribution in [1.29, 1.82) is 0 Å². The average molecular weight is 222 g/mol. The minimum atomic E-state index is -0.374. The average Bonchev–Trinajstić information content (AvgIpc) is 2.27. The van der Waals surface area contributed by atoms with Crippen molar-refractivity contribution in [2.45, 2.75) is 6.92 Å². The van der Waals surface area contributed by atoms with Crippen LogP contribution >= 0.6 is 0 Å². The second-order valence-electron chi connectivity index (χ2n) is 3.29. The minimum absolute atomic E-state index is 0.0533. The van der Waals surface area contributed by atoms with Gasteiger partial charge in [-0.2, -0.15) is 0 Å². The molecule has 0 saturated heterocycles. The molecular formula is C11H14N2O3. The smallest absolute Gasteiger partial charge is 0.325 e. The van der Waals surface area contributed by atoms with Crippen LogP contribution in [-0.2, 0) is 9.53 Å². The number of rotatable bonds is 4. The first-order chi connectivity index (χ1) is 7.54. The Morgan fingerprint density at radius 3 is 2.69 bits per heavy atom. The first-order valence-electron chi connectivity index (χ1n) is 4.75. The third-order valence-corrected chi connectivity index (χ3v) is 2.10. The number of nitrogens with one attached hydrogen (secondary N) is 1. The number of nitrogen functional groups attached to an aromatic ring is 1. The fourth-order valence-corrected chi connectivity index (χ4v) is 1.22. The number of ketones is 1. The van der Waals surface area contributed by atoms with Gasteiger partial charge in [0.1, 0.15) is 6.54 Å². The molecule has 1 rings (SSSR count). The summed E-state index contributed by atoms with van der Waals surface area (Å²) in [4.78, 5) is 22.1. The van der Waals surface area contributed by atoms with Crippen LogP contribution < -0.4 is 11.1 Å². The van der Waals surface area contributed by atoms with E-state index in [1.807, 2.05) is 0 Å². The maximum absolute atomic E-state index is 11.2. The summed E-state index contributed by atoms with van der Waals surface area (Å²) in [6.45, 7) is 1.49. The van der Waals surface area contributed by atoms with Gasteiger partial charge in [0, 0.05) is 16.9 Å². The summed E-state index contributed by atoms with van der Waals surface area (Å²) in [5.74, 6) is -0.486. The maximum atomic E-state index is 11.2. The van der Waals surface area contributed by atoms with Crippen molar-refractivity contribution in [2.24, 2.45) is 0 Å².